The van der Waals surface area contributed by atoms with Crippen LogP contribution in [0.3, 0.4) is 0 Å². The van der Waals surface area contributed by atoms with Crippen molar-refractivity contribution in [2.45, 2.75) is 19.8 Å². The van der Waals surface area contributed by atoms with Crippen LogP contribution < -0.4 is 0 Å². The predicted octanol–water partition coefficient (Wildman–Crippen LogP) is 3.39. The number of aromatic nitrogens is 3. The molecule has 1 unspecified atom stereocenters. The fraction of sp³-hybridized carbons (Fsp3) is 0.294. The van der Waals surface area contributed by atoms with Crippen LogP contribution in [0.1, 0.15) is 18.4 Å². The van der Waals surface area contributed by atoms with E-state index in [9.17, 15) is 0 Å². The fourth-order valence-corrected chi connectivity index (χ4v) is 2.64. The van der Waals surface area contributed by atoms with Crippen LogP contribution in [-0.4, -0.2) is 14.5 Å². The quantitative estimate of drug-likeness (QED) is 0.724. The third-order valence-electron chi connectivity index (χ3n) is 3.69. The topological polar surface area (TPSA) is 30.7 Å². The second-order valence-corrected chi connectivity index (χ2v) is 5.41. The lowest BCUT2D eigenvalue weighted by molar-refractivity contribution is 0.543. The number of nitrogens with zero attached hydrogens (tertiary/aromatic N) is 3. The molecule has 3 aromatic rings. The van der Waals surface area contributed by atoms with Crippen molar-refractivity contribution in [1.29, 1.82) is 0 Å². The van der Waals surface area contributed by atoms with Crippen LogP contribution in [0, 0.1) is 5.92 Å². The highest BCUT2D eigenvalue weighted by atomic mass is 15.1. The Balaban J connectivity index is 1.77. The molecule has 0 aliphatic rings. The fourth-order valence-electron chi connectivity index (χ4n) is 2.64. The Morgan fingerprint density at radius 2 is 1.85 bits per heavy atom. The van der Waals surface area contributed by atoms with E-state index in [1.807, 2.05) is 24.4 Å². The van der Waals surface area contributed by atoms with Crippen molar-refractivity contribution in [2.75, 3.05) is 0 Å². The summed E-state index contributed by atoms with van der Waals surface area (Å²) in [5.74, 6) is 1.68. The van der Waals surface area contributed by atoms with E-state index in [4.69, 9.17) is 4.98 Å². The largest absolute Gasteiger partial charge is 0.331 e. The summed E-state index contributed by atoms with van der Waals surface area (Å²) in [4.78, 5) is 9.13. The second kappa shape index (κ2) is 5.45. The highest BCUT2D eigenvalue weighted by Crippen LogP contribution is 2.18. The average molecular weight is 265 g/mol. The minimum absolute atomic E-state index is 0.528. The van der Waals surface area contributed by atoms with Crippen molar-refractivity contribution >= 4 is 11.0 Å². The molecule has 0 aliphatic carbocycles. The molecule has 3 nitrogen and oxygen atoms in total. The number of imidazole rings is 1. The van der Waals surface area contributed by atoms with Crippen LogP contribution in [-0.2, 0) is 19.9 Å². The van der Waals surface area contributed by atoms with Crippen molar-refractivity contribution < 1.29 is 0 Å². The molecule has 0 amide bonds. The Morgan fingerprint density at radius 3 is 2.60 bits per heavy atom. The Labute approximate surface area is 119 Å². The van der Waals surface area contributed by atoms with Gasteiger partial charge in [-0.25, -0.2) is 4.98 Å². The highest BCUT2D eigenvalue weighted by Gasteiger charge is 2.12. The van der Waals surface area contributed by atoms with Crippen LogP contribution in [0.2, 0.25) is 0 Å². The van der Waals surface area contributed by atoms with Gasteiger partial charge in [0.2, 0.25) is 0 Å². The van der Waals surface area contributed by atoms with Crippen LogP contribution in [0.25, 0.3) is 11.0 Å². The molecule has 0 aliphatic heterocycles. The molecule has 2 aromatic heterocycles. The number of hydrogen-bond donors (Lipinski definition) is 0. The zero-order valence-electron chi connectivity index (χ0n) is 12.0. The molecule has 20 heavy (non-hydrogen) atoms. The zero-order chi connectivity index (χ0) is 13.9. The summed E-state index contributed by atoms with van der Waals surface area (Å²) in [5, 5.41) is 0. The molecule has 0 saturated heterocycles. The Kier molecular flexibility index (Phi) is 3.50. The van der Waals surface area contributed by atoms with Crippen molar-refractivity contribution in [1.82, 2.24) is 14.5 Å². The minimum Gasteiger partial charge on any atom is -0.331 e. The zero-order valence-corrected chi connectivity index (χ0v) is 12.0. The standard InChI is InChI=1S/C17H19N3/c1-13(11-14-7-5-6-10-18-14)12-17-19-15-8-3-4-9-16(15)20(17)2/h3-10,13H,11-12H2,1-2H3. The van der Waals surface area contributed by atoms with E-state index in [0.29, 0.717) is 5.92 Å². The van der Waals surface area contributed by atoms with Crippen LogP contribution in [0.5, 0.6) is 0 Å². The van der Waals surface area contributed by atoms with E-state index in [1.165, 1.54) is 5.52 Å². The molecular weight excluding hydrogens is 246 g/mol. The van der Waals surface area contributed by atoms with E-state index < -0.39 is 0 Å². The van der Waals surface area contributed by atoms with Gasteiger partial charge in [-0.05, 0) is 36.6 Å². The molecule has 0 N–H and O–H groups in total. The molecule has 0 bridgehead atoms. The Morgan fingerprint density at radius 1 is 1.05 bits per heavy atom. The molecular formula is C17H19N3. The van der Waals surface area contributed by atoms with E-state index in [0.717, 1.165) is 29.9 Å². The first-order chi connectivity index (χ1) is 9.74. The summed E-state index contributed by atoms with van der Waals surface area (Å²) in [6.45, 7) is 2.26. The first-order valence-corrected chi connectivity index (χ1v) is 7.04. The van der Waals surface area contributed by atoms with Gasteiger partial charge in [0.1, 0.15) is 5.82 Å². The first kappa shape index (κ1) is 12.9. The molecule has 0 fully saturated rings. The monoisotopic (exact) mass is 265 g/mol. The van der Waals surface area contributed by atoms with E-state index in [2.05, 4.69) is 47.8 Å². The number of para-hydroxylation sites is 2. The van der Waals surface area contributed by atoms with Crippen LogP contribution in [0.4, 0.5) is 0 Å². The summed E-state index contributed by atoms with van der Waals surface area (Å²) in [5.41, 5.74) is 3.43. The third-order valence-corrected chi connectivity index (χ3v) is 3.69. The maximum atomic E-state index is 4.74. The molecule has 0 saturated carbocycles. The number of aryl methyl sites for hydroxylation is 1. The van der Waals surface area contributed by atoms with Gasteiger partial charge < -0.3 is 4.57 Å². The molecule has 2 heterocycles. The van der Waals surface area contributed by atoms with Crippen molar-refractivity contribution in [3.05, 3.63) is 60.2 Å². The molecule has 0 spiro atoms. The molecule has 3 heteroatoms. The molecule has 1 aromatic carbocycles. The van der Waals surface area contributed by atoms with Crippen molar-refractivity contribution in [3.63, 3.8) is 0 Å². The third kappa shape index (κ3) is 2.57. The summed E-state index contributed by atoms with van der Waals surface area (Å²) in [7, 11) is 2.10. The second-order valence-electron chi connectivity index (χ2n) is 5.41. The summed E-state index contributed by atoms with van der Waals surface area (Å²) >= 11 is 0. The van der Waals surface area contributed by atoms with Gasteiger partial charge in [-0.1, -0.05) is 25.1 Å². The average Bonchev–Trinajstić information content (AvgIpc) is 2.77. The smallest absolute Gasteiger partial charge is 0.109 e. The van der Waals surface area contributed by atoms with Gasteiger partial charge in [0.25, 0.3) is 0 Å². The maximum Gasteiger partial charge on any atom is 0.109 e. The lowest BCUT2D eigenvalue weighted by Crippen LogP contribution is -2.09. The lowest BCUT2D eigenvalue weighted by Gasteiger charge is -2.10. The Bertz CT molecular complexity index is 701. The van der Waals surface area contributed by atoms with Gasteiger partial charge in [0.05, 0.1) is 11.0 Å². The number of benzene rings is 1. The first-order valence-electron chi connectivity index (χ1n) is 7.04. The van der Waals surface area contributed by atoms with Gasteiger partial charge in [0, 0.05) is 25.4 Å². The maximum absolute atomic E-state index is 4.74. The van der Waals surface area contributed by atoms with Crippen molar-refractivity contribution in [3.8, 4) is 0 Å². The van der Waals surface area contributed by atoms with Crippen molar-refractivity contribution in [2.24, 2.45) is 13.0 Å². The number of fused-ring (bicyclic) bond motifs is 1. The Hall–Kier alpha value is -2.16. The van der Waals surface area contributed by atoms with E-state index in [1.54, 1.807) is 0 Å². The van der Waals surface area contributed by atoms with Gasteiger partial charge in [0.15, 0.2) is 0 Å². The van der Waals surface area contributed by atoms with E-state index >= 15 is 0 Å². The van der Waals surface area contributed by atoms with Crippen LogP contribution >= 0.6 is 0 Å². The molecule has 0 radical (unpaired) electrons. The van der Waals surface area contributed by atoms with Gasteiger partial charge in [-0.15, -0.1) is 0 Å². The number of rotatable bonds is 4. The molecule has 1 atom stereocenters. The van der Waals surface area contributed by atoms with Crippen LogP contribution in [0.15, 0.2) is 48.7 Å². The summed E-state index contributed by atoms with van der Waals surface area (Å²) < 4.78 is 2.20. The normalized spacial score (nSPS) is 12.7. The van der Waals surface area contributed by atoms with Gasteiger partial charge >= 0.3 is 0 Å². The highest BCUT2D eigenvalue weighted by molar-refractivity contribution is 5.75. The minimum atomic E-state index is 0.528. The number of hydrogen-bond acceptors (Lipinski definition) is 2. The lowest BCUT2D eigenvalue weighted by atomic mass is 10.0. The number of pyridine rings is 1. The molecule has 3 rings (SSSR count). The summed E-state index contributed by atoms with van der Waals surface area (Å²) in [6.07, 6.45) is 3.82. The summed E-state index contributed by atoms with van der Waals surface area (Å²) in [6, 6.07) is 14.4. The van der Waals surface area contributed by atoms with Gasteiger partial charge in [-0.2, -0.15) is 0 Å². The van der Waals surface area contributed by atoms with E-state index in [-0.39, 0.29) is 0 Å². The van der Waals surface area contributed by atoms with Gasteiger partial charge in [-0.3, -0.25) is 4.98 Å². The molecule has 102 valence electrons. The predicted molar refractivity (Wildman–Crippen MR) is 81.5 cm³/mol. The SMILES string of the molecule is CC(Cc1ccccn1)Cc1nc2ccccc2n1C.